The molecule has 0 aliphatic heterocycles. The standard InChI is InChI=1S/C13H10BrN3O4/c1-21-13(20)9-6-7(4-5-15-9)11(18)16-8-2-3-10(14)17-12(8)19/h2-6H,1H3,(H,16,18)(H,17,19). The van der Waals surface area contributed by atoms with E-state index in [9.17, 15) is 14.4 Å². The maximum Gasteiger partial charge on any atom is 0.356 e. The molecule has 0 aliphatic rings. The average Bonchev–Trinajstić information content (AvgIpc) is 2.49. The van der Waals surface area contributed by atoms with Crippen molar-refractivity contribution in [3.63, 3.8) is 0 Å². The molecule has 8 heteroatoms. The largest absolute Gasteiger partial charge is 0.464 e. The van der Waals surface area contributed by atoms with Crippen LogP contribution in [-0.2, 0) is 4.74 Å². The van der Waals surface area contributed by atoms with Crippen molar-refractivity contribution in [3.05, 3.63) is 56.7 Å². The first-order valence-electron chi connectivity index (χ1n) is 5.76. The minimum atomic E-state index is -0.647. The fourth-order valence-corrected chi connectivity index (χ4v) is 1.84. The van der Waals surface area contributed by atoms with Gasteiger partial charge in [0.05, 0.1) is 11.7 Å². The fourth-order valence-electron chi connectivity index (χ4n) is 1.53. The Hall–Kier alpha value is -2.48. The van der Waals surface area contributed by atoms with Crippen molar-refractivity contribution in [2.24, 2.45) is 0 Å². The summed E-state index contributed by atoms with van der Waals surface area (Å²) in [7, 11) is 1.22. The lowest BCUT2D eigenvalue weighted by Gasteiger charge is -2.05. The smallest absolute Gasteiger partial charge is 0.356 e. The highest BCUT2D eigenvalue weighted by Crippen LogP contribution is 2.09. The molecule has 2 heterocycles. The van der Waals surface area contributed by atoms with Crippen LogP contribution in [0.25, 0.3) is 0 Å². The van der Waals surface area contributed by atoms with Crippen molar-refractivity contribution < 1.29 is 14.3 Å². The quantitative estimate of drug-likeness (QED) is 0.645. The fraction of sp³-hybridized carbons (Fsp3) is 0.0769. The zero-order valence-electron chi connectivity index (χ0n) is 10.8. The first kappa shape index (κ1) is 14.9. The van der Waals surface area contributed by atoms with Crippen molar-refractivity contribution in [3.8, 4) is 0 Å². The number of anilines is 1. The number of aromatic amines is 1. The minimum absolute atomic E-state index is 0.00913. The van der Waals surface area contributed by atoms with Crippen LogP contribution < -0.4 is 10.9 Å². The summed E-state index contributed by atoms with van der Waals surface area (Å²) in [6, 6.07) is 5.76. The van der Waals surface area contributed by atoms with E-state index in [0.29, 0.717) is 4.60 Å². The third kappa shape index (κ3) is 3.54. The summed E-state index contributed by atoms with van der Waals surface area (Å²) in [5.41, 5.74) is -0.151. The molecule has 0 atom stereocenters. The van der Waals surface area contributed by atoms with E-state index >= 15 is 0 Å². The van der Waals surface area contributed by atoms with E-state index in [-0.39, 0.29) is 16.9 Å². The van der Waals surface area contributed by atoms with Crippen molar-refractivity contribution in [1.82, 2.24) is 9.97 Å². The monoisotopic (exact) mass is 351 g/mol. The maximum absolute atomic E-state index is 12.1. The Labute approximate surface area is 127 Å². The molecule has 0 bridgehead atoms. The number of carbonyl (C=O) groups excluding carboxylic acids is 2. The second kappa shape index (κ2) is 6.31. The van der Waals surface area contributed by atoms with Gasteiger partial charge < -0.3 is 15.0 Å². The summed E-state index contributed by atoms with van der Waals surface area (Å²) >= 11 is 3.11. The van der Waals surface area contributed by atoms with Crippen LogP contribution in [0.3, 0.4) is 0 Å². The molecule has 2 N–H and O–H groups in total. The van der Waals surface area contributed by atoms with Gasteiger partial charge in [-0.05, 0) is 40.2 Å². The Morgan fingerprint density at radius 3 is 2.76 bits per heavy atom. The van der Waals surface area contributed by atoms with Gasteiger partial charge in [0.2, 0.25) is 0 Å². The number of hydrogen-bond donors (Lipinski definition) is 2. The van der Waals surface area contributed by atoms with E-state index in [1.54, 1.807) is 6.07 Å². The van der Waals surface area contributed by atoms with Crippen LogP contribution in [0, 0.1) is 0 Å². The summed E-state index contributed by atoms with van der Waals surface area (Å²) < 4.78 is 5.03. The Morgan fingerprint density at radius 2 is 2.10 bits per heavy atom. The lowest BCUT2D eigenvalue weighted by molar-refractivity contribution is 0.0594. The van der Waals surface area contributed by atoms with Crippen LogP contribution in [0.15, 0.2) is 39.9 Å². The predicted octanol–water partition coefficient (Wildman–Crippen LogP) is 1.57. The molecule has 1 amide bonds. The number of nitrogens with zero attached hydrogens (tertiary/aromatic N) is 1. The van der Waals surface area contributed by atoms with Crippen molar-refractivity contribution >= 4 is 33.5 Å². The lowest BCUT2D eigenvalue weighted by Crippen LogP contribution is -2.20. The van der Waals surface area contributed by atoms with Crippen molar-refractivity contribution in [1.29, 1.82) is 0 Å². The Bertz CT molecular complexity index is 757. The zero-order valence-corrected chi connectivity index (χ0v) is 12.4. The number of methoxy groups -OCH3 is 1. The molecule has 2 rings (SSSR count). The van der Waals surface area contributed by atoms with E-state index in [1.807, 2.05) is 0 Å². The number of nitrogens with one attached hydrogen (secondary N) is 2. The molecule has 0 saturated heterocycles. The van der Waals surface area contributed by atoms with E-state index in [2.05, 4.69) is 36.0 Å². The van der Waals surface area contributed by atoms with Crippen LogP contribution in [0.2, 0.25) is 0 Å². The normalized spacial score (nSPS) is 10.0. The van der Waals surface area contributed by atoms with E-state index in [4.69, 9.17) is 0 Å². The molecule has 0 unspecified atom stereocenters. The predicted molar refractivity (Wildman–Crippen MR) is 78.3 cm³/mol. The molecule has 0 spiro atoms. The number of pyridine rings is 2. The van der Waals surface area contributed by atoms with Gasteiger partial charge in [0.25, 0.3) is 11.5 Å². The first-order valence-corrected chi connectivity index (χ1v) is 6.55. The number of carbonyl (C=O) groups is 2. The van der Waals surface area contributed by atoms with E-state index < -0.39 is 17.4 Å². The van der Waals surface area contributed by atoms with Gasteiger partial charge >= 0.3 is 5.97 Å². The number of amides is 1. The summed E-state index contributed by atoms with van der Waals surface area (Å²) in [6.45, 7) is 0. The van der Waals surface area contributed by atoms with Crippen LogP contribution in [0.5, 0.6) is 0 Å². The highest BCUT2D eigenvalue weighted by molar-refractivity contribution is 9.10. The Balaban J connectivity index is 2.24. The van der Waals surface area contributed by atoms with E-state index in [0.717, 1.165) is 0 Å². The third-order valence-electron chi connectivity index (χ3n) is 2.54. The average molecular weight is 352 g/mol. The maximum atomic E-state index is 12.1. The molecule has 0 fully saturated rings. The molecule has 7 nitrogen and oxygen atoms in total. The Kier molecular flexibility index (Phi) is 4.49. The van der Waals surface area contributed by atoms with Gasteiger partial charge in [0.15, 0.2) is 0 Å². The number of halogens is 1. The number of aromatic nitrogens is 2. The van der Waals surface area contributed by atoms with Gasteiger partial charge in [-0.15, -0.1) is 0 Å². The van der Waals surface area contributed by atoms with Crippen LogP contribution in [0.1, 0.15) is 20.8 Å². The molecule has 0 aliphatic carbocycles. The van der Waals surface area contributed by atoms with Gasteiger partial charge in [-0.2, -0.15) is 0 Å². The number of hydrogen-bond acceptors (Lipinski definition) is 5. The second-order valence-electron chi connectivity index (χ2n) is 3.92. The molecule has 2 aromatic heterocycles. The highest BCUT2D eigenvalue weighted by Gasteiger charge is 2.13. The van der Waals surface area contributed by atoms with Crippen LogP contribution in [-0.4, -0.2) is 29.0 Å². The molecular weight excluding hydrogens is 342 g/mol. The summed E-state index contributed by atoms with van der Waals surface area (Å²) in [4.78, 5) is 41.4. The molecule has 0 saturated carbocycles. The van der Waals surface area contributed by atoms with Crippen LogP contribution >= 0.6 is 15.9 Å². The van der Waals surface area contributed by atoms with Gasteiger partial charge in [-0.25, -0.2) is 9.78 Å². The van der Waals surface area contributed by atoms with Gasteiger partial charge in [-0.1, -0.05) is 0 Å². The van der Waals surface area contributed by atoms with Gasteiger partial charge in [0.1, 0.15) is 11.4 Å². The summed E-state index contributed by atoms with van der Waals surface area (Å²) in [5, 5.41) is 2.45. The molecule has 0 radical (unpaired) electrons. The van der Waals surface area contributed by atoms with E-state index in [1.165, 1.54) is 31.5 Å². The van der Waals surface area contributed by atoms with Gasteiger partial charge in [-0.3, -0.25) is 9.59 Å². The van der Waals surface area contributed by atoms with Crippen molar-refractivity contribution in [2.45, 2.75) is 0 Å². The number of rotatable bonds is 3. The highest BCUT2D eigenvalue weighted by atomic mass is 79.9. The first-order chi connectivity index (χ1) is 10.0. The Morgan fingerprint density at radius 1 is 1.33 bits per heavy atom. The molecule has 2 aromatic rings. The number of H-pyrrole nitrogens is 1. The second-order valence-corrected chi connectivity index (χ2v) is 4.78. The molecule has 0 aromatic carbocycles. The third-order valence-corrected chi connectivity index (χ3v) is 3.00. The lowest BCUT2D eigenvalue weighted by atomic mass is 10.2. The summed E-state index contributed by atoms with van der Waals surface area (Å²) in [6.07, 6.45) is 1.31. The molecule has 108 valence electrons. The topological polar surface area (TPSA) is 101 Å². The summed E-state index contributed by atoms with van der Waals surface area (Å²) in [5.74, 6) is -1.18. The number of esters is 1. The van der Waals surface area contributed by atoms with Crippen LogP contribution in [0.4, 0.5) is 5.69 Å². The minimum Gasteiger partial charge on any atom is -0.464 e. The van der Waals surface area contributed by atoms with Crippen molar-refractivity contribution in [2.75, 3.05) is 12.4 Å². The SMILES string of the molecule is COC(=O)c1cc(C(=O)Nc2ccc(Br)[nH]c2=O)ccn1. The molecule has 21 heavy (non-hydrogen) atoms. The molecular formula is C13H10BrN3O4. The zero-order chi connectivity index (χ0) is 15.4. The van der Waals surface area contributed by atoms with Gasteiger partial charge in [0, 0.05) is 11.8 Å². The number of ether oxygens (including phenoxy) is 1.